The Labute approximate surface area is 142 Å². The molecule has 7 nitrogen and oxygen atoms in total. The first-order valence-corrected chi connectivity index (χ1v) is 8.30. The molecule has 1 amide bonds. The number of ether oxygens (including phenoxy) is 1. The molecule has 1 saturated heterocycles. The van der Waals surface area contributed by atoms with Crippen LogP contribution in [-0.2, 0) is 18.4 Å². The molecular weight excluding hydrogens is 306 g/mol. The number of rotatable bonds is 4. The number of nitrogens with zero attached hydrogens (tertiary/aromatic N) is 5. The lowest BCUT2D eigenvalue weighted by Crippen LogP contribution is -2.34. The summed E-state index contributed by atoms with van der Waals surface area (Å²) in [4.78, 5) is 14.8. The third-order valence-corrected chi connectivity index (χ3v) is 4.70. The van der Waals surface area contributed by atoms with Crippen molar-refractivity contribution in [2.24, 2.45) is 7.05 Å². The number of aryl methyl sites for hydroxylation is 4. The summed E-state index contributed by atoms with van der Waals surface area (Å²) in [6, 6.07) is 2.02. The van der Waals surface area contributed by atoms with Crippen molar-refractivity contribution in [1.82, 2.24) is 24.5 Å². The van der Waals surface area contributed by atoms with E-state index >= 15 is 0 Å². The van der Waals surface area contributed by atoms with E-state index in [1.807, 2.05) is 38.8 Å². The highest BCUT2D eigenvalue weighted by Gasteiger charge is 2.35. The van der Waals surface area contributed by atoms with Gasteiger partial charge in [-0.2, -0.15) is 10.2 Å². The Hall–Kier alpha value is -2.31. The smallest absolute Gasteiger partial charge is 0.244 e. The zero-order valence-electron chi connectivity index (χ0n) is 15.0. The van der Waals surface area contributed by atoms with E-state index < -0.39 is 0 Å². The molecule has 7 heteroatoms. The minimum atomic E-state index is 0.0260. The highest BCUT2D eigenvalue weighted by atomic mass is 16.5. The summed E-state index contributed by atoms with van der Waals surface area (Å²) >= 11 is 0. The molecule has 0 spiro atoms. The second-order valence-corrected chi connectivity index (χ2v) is 6.46. The fourth-order valence-corrected chi connectivity index (χ4v) is 3.70. The molecule has 3 rings (SSSR count). The number of methoxy groups -OCH3 is 1. The number of carbonyl (C=O) groups excluding carboxylic acids is 1. The maximum absolute atomic E-state index is 12.9. The Morgan fingerprint density at radius 1 is 1.33 bits per heavy atom. The van der Waals surface area contributed by atoms with E-state index in [1.54, 1.807) is 16.5 Å². The topological polar surface area (TPSA) is 65.2 Å². The van der Waals surface area contributed by atoms with Crippen molar-refractivity contribution >= 4 is 5.91 Å². The molecule has 0 aromatic carbocycles. The first kappa shape index (κ1) is 16.5. The fraction of sp³-hybridized carbons (Fsp3) is 0.588. The molecule has 0 bridgehead atoms. The summed E-state index contributed by atoms with van der Waals surface area (Å²) in [5.74, 6) is 0.831. The van der Waals surface area contributed by atoms with Gasteiger partial charge in [-0.05, 0) is 39.7 Å². The van der Waals surface area contributed by atoms with E-state index in [0.717, 1.165) is 47.9 Å². The van der Waals surface area contributed by atoms with Gasteiger partial charge in [0, 0.05) is 19.3 Å². The van der Waals surface area contributed by atoms with Gasteiger partial charge < -0.3 is 9.64 Å². The zero-order chi connectivity index (χ0) is 17.4. The van der Waals surface area contributed by atoms with Crippen LogP contribution in [0.15, 0.2) is 6.07 Å². The van der Waals surface area contributed by atoms with Gasteiger partial charge >= 0.3 is 0 Å². The molecular formula is C17H25N5O2. The molecule has 0 unspecified atom stereocenters. The second-order valence-electron chi connectivity index (χ2n) is 6.46. The summed E-state index contributed by atoms with van der Waals surface area (Å²) in [6.45, 7) is 6.93. The molecule has 0 aliphatic carbocycles. The average Bonchev–Trinajstić information content (AvgIpc) is 3.17. The third kappa shape index (κ3) is 2.79. The van der Waals surface area contributed by atoms with E-state index in [1.165, 1.54) is 0 Å². The van der Waals surface area contributed by atoms with Crippen LogP contribution in [0.25, 0.3) is 0 Å². The van der Waals surface area contributed by atoms with Gasteiger partial charge in [-0.3, -0.25) is 9.48 Å². The lowest BCUT2D eigenvalue weighted by molar-refractivity contribution is -0.133. The number of aromatic nitrogens is 4. The molecule has 1 aliphatic rings. The molecule has 2 aromatic rings. The van der Waals surface area contributed by atoms with Gasteiger partial charge in [0.15, 0.2) is 0 Å². The second kappa shape index (κ2) is 6.30. The summed E-state index contributed by atoms with van der Waals surface area (Å²) in [5, 5.41) is 8.86. The van der Waals surface area contributed by atoms with Crippen LogP contribution >= 0.6 is 0 Å². The Morgan fingerprint density at radius 2 is 2.08 bits per heavy atom. The Kier molecular flexibility index (Phi) is 4.34. The monoisotopic (exact) mass is 331 g/mol. The number of carbonyl (C=O) groups is 1. The maximum atomic E-state index is 12.9. The predicted molar refractivity (Wildman–Crippen MR) is 89.9 cm³/mol. The van der Waals surface area contributed by atoms with Crippen LogP contribution in [0.1, 0.15) is 41.5 Å². The average molecular weight is 331 g/mol. The minimum absolute atomic E-state index is 0.0260. The third-order valence-electron chi connectivity index (χ3n) is 4.70. The van der Waals surface area contributed by atoms with Gasteiger partial charge in [-0.25, -0.2) is 4.68 Å². The lowest BCUT2D eigenvalue weighted by atomic mass is 10.0. The summed E-state index contributed by atoms with van der Waals surface area (Å²) < 4.78 is 9.04. The van der Waals surface area contributed by atoms with Crippen molar-refractivity contribution in [3.05, 3.63) is 28.7 Å². The van der Waals surface area contributed by atoms with Crippen LogP contribution in [0.3, 0.4) is 0 Å². The van der Waals surface area contributed by atoms with E-state index in [4.69, 9.17) is 4.74 Å². The lowest BCUT2D eigenvalue weighted by Gasteiger charge is -2.25. The number of hydrogen-bond donors (Lipinski definition) is 0. The van der Waals surface area contributed by atoms with Crippen molar-refractivity contribution in [2.75, 3.05) is 13.7 Å². The van der Waals surface area contributed by atoms with Crippen molar-refractivity contribution in [3.63, 3.8) is 0 Å². The quantitative estimate of drug-likeness (QED) is 0.858. The molecule has 0 N–H and O–H groups in total. The zero-order valence-corrected chi connectivity index (χ0v) is 15.0. The minimum Gasteiger partial charge on any atom is -0.481 e. The van der Waals surface area contributed by atoms with Gasteiger partial charge in [0.2, 0.25) is 11.8 Å². The van der Waals surface area contributed by atoms with Crippen LogP contribution in [0.4, 0.5) is 0 Å². The van der Waals surface area contributed by atoms with Crippen molar-refractivity contribution in [3.8, 4) is 5.88 Å². The Bertz CT molecular complexity index is 761. The number of hydrogen-bond acceptors (Lipinski definition) is 4. The maximum Gasteiger partial charge on any atom is 0.244 e. The van der Waals surface area contributed by atoms with Gasteiger partial charge in [-0.1, -0.05) is 0 Å². The molecule has 1 fully saturated rings. The molecule has 0 saturated carbocycles. The van der Waals surface area contributed by atoms with Gasteiger partial charge in [0.1, 0.15) is 6.54 Å². The SMILES string of the molecule is COc1c([C@@H]2CCCN2C(=O)Cn2nc(C)cc2C)c(C)nn1C. The number of likely N-dealkylation sites (tertiary alicyclic amines) is 1. The summed E-state index contributed by atoms with van der Waals surface area (Å²) in [7, 11) is 3.52. The highest BCUT2D eigenvalue weighted by molar-refractivity contribution is 5.77. The summed E-state index contributed by atoms with van der Waals surface area (Å²) in [5.41, 5.74) is 3.89. The van der Waals surface area contributed by atoms with E-state index in [-0.39, 0.29) is 18.5 Å². The Balaban J connectivity index is 1.86. The largest absolute Gasteiger partial charge is 0.481 e. The molecule has 1 aliphatic heterocycles. The standard InChI is InChI=1S/C17H25N5O2/c1-11-9-12(2)22(18-11)10-15(23)21-8-6-7-14(21)16-13(3)19-20(4)17(16)24-5/h9,14H,6-8,10H2,1-5H3/t14-/m0/s1. The van der Waals surface area contributed by atoms with Crippen LogP contribution in [-0.4, -0.2) is 44.0 Å². The molecule has 3 heterocycles. The van der Waals surface area contributed by atoms with Crippen LogP contribution in [0.5, 0.6) is 5.88 Å². The molecule has 24 heavy (non-hydrogen) atoms. The number of amides is 1. The normalized spacial score (nSPS) is 17.5. The van der Waals surface area contributed by atoms with Gasteiger partial charge in [0.05, 0.1) is 30.1 Å². The van der Waals surface area contributed by atoms with Crippen LogP contribution in [0, 0.1) is 20.8 Å². The molecule has 0 radical (unpaired) electrons. The highest BCUT2D eigenvalue weighted by Crippen LogP contribution is 2.38. The molecule has 2 aromatic heterocycles. The predicted octanol–water partition coefficient (Wildman–Crippen LogP) is 1.91. The van der Waals surface area contributed by atoms with Crippen molar-refractivity contribution in [1.29, 1.82) is 0 Å². The van der Waals surface area contributed by atoms with E-state index in [0.29, 0.717) is 0 Å². The van der Waals surface area contributed by atoms with Crippen LogP contribution < -0.4 is 4.74 Å². The van der Waals surface area contributed by atoms with Crippen molar-refractivity contribution < 1.29 is 9.53 Å². The first-order valence-electron chi connectivity index (χ1n) is 8.30. The van der Waals surface area contributed by atoms with Gasteiger partial charge in [-0.15, -0.1) is 0 Å². The summed E-state index contributed by atoms with van der Waals surface area (Å²) in [6.07, 6.45) is 1.93. The Morgan fingerprint density at radius 3 is 2.71 bits per heavy atom. The van der Waals surface area contributed by atoms with E-state index in [9.17, 15) is 4.79 Å². The fourth-order valence-electron chi connectivity index (χ4n) is 3.70. The molecule has 1 atom stereocenters. The first-order chi connectivity index (χ1) is 11.4. The van der Waals surface area contributed by atoms with Gasteiger partial charge in [0.25, 0.3) is 0 Å². The molecule has 130 valence electrons. The van der Waals surface area contributed by atoms with E-state index in [2.05, 4.69) is 10.2 Å². The van der Waals surface area contributed by atoms with Crippen molar-refractivity contribution in [2.45, 2.75) is 46.2 Å². The van der Waals surface area contributed by atoms with Crippen LogP contribution in [0.2, 0.25) is 0 Å².